The van der Waals surface area contributed by atoms with Gasteiger partial charge in [0.1, 0.15) is 0 Å². The topological polar surface area (TPSA) is 89.3 Å². The Hall–Kier alpha value is -1.55. The maximum atomic E-state index is 10.7. The van der Waals surface area contributed by atoms with Crippen LogP contribution in [-0.4, -0.2) is 11.1 Å². The van der Waals surface area contributed by atoms with Gasteiger partial charge in [-0.15, -0.1) is 0 Å². The highest BCUT2D eigenvalue weighted by atomic mass is 16.4. The lowest BCUT2D eigenvalue weighted by molar-refractivity contribution is 0.0698. The highest BCUT2D eigenvalue weighted by Gasteiger charge is 2.10. The summed E-state index contributed by atoms with van der Waals surface area (Å²) in [5.74, 6) is -1.01. The van der Waals surface area contributed by atoms with Gasteiger partial charge in [-0.2, -0.15) is 0 Å². The van der Waals surface area contributed by atoms with Crippen LogP contribution in [0.15, 0.2) is 18.2 Å². The fourth-order valence-electron chi connectivity index (χ4n) is 1.24. The van der Waals surface area contributed by atoms with Crippen LogP contribution in [0.3, 0.4) is 0 Å². The molecule has 0 heterocycles. The molecule has 0 fully saturated rings. The minimum absolute atomic E-state index is 0.0832. The summed E-state index contributed by atoms with van der Waals surface area (Å²) in [6.45, 7) is 1.96. The van der Waals surface area contributed by atoms with Gasteiger partial charge in [-0.3, -0.25) is 0 Å². The molecule has 0 aliphatic heterocycles. The smallest absolute Gasteiger partial charge is 0.337 e. The van der Waals surface area contributed by atoms with Crippen LogP contribution in [0, 0.1) is 0 Å². The third kappa shape index (κ3) is 2.03. The largest absolute Gasteiger partial charge is 0.478 e. The minimum atomic E-state index is -1.01. The molecule has 1 rings (SSSR count). The minimum Gasteiger partial charge on any atom is -0.478 e. The summed E-state index contributed by atoms with van der Waals surface area (Å²) in [5, 5.41) is 8.74. The first kappa shape index (κ1) is 10.5. The van der Waals surface area contributed by atoms with Crippen molar-refractivity contribution in [1.82, 2.24) is 0 Å². The van der Waals surface area contributed by atoms with Gasteiger partial charge in [0.15, 0.2) is 0 Å². The number of hydrogen-bond acceptors (Lipinski definition) is 3. The Morgan fingerprint density at radius 3 is 2.64 bits per heavy atom. The van der Waals surface area contributed by atoms with Gasteiger partial charge in [0, 0.05) is 11.7 Å². The number of nitrogen functional groups attached to an aromatic ring is 1. The van der Waals surface area contributed by atoms with E-state index in [2.05, 4.69) is 0 Å². The number of rotatable bonds is 3. The van der Waals surface area contributed by atoms with Crippen molar-refractivity contribution in [2.75, 3.05) is 5.73 Å². The Kier molecular flexibility index (Phi) is 3.09. The normalized spacial score (nSPS) is 12.4. The number of hydrogen-bond donors (Lipinski definition) is 3. The summed E-state index contributed by atoms with van der Waals surface area (Å²) in [5.41, 5.74) is 12.6. The van der Waals surface area contributed by atoms with Gasteiger partial charge in [0.25, 0.3) is 0 Å². The number of carboxylic acid groups (broad SMARTS) is 1. The first-order valence-corrected chi connectivity index (χ1v) is 4.44. The molecule has 1 atom stereocenters. The predicted molar refractivity (Wildman–Crippen MR) is 55.0 cm³/mol. The molecule has 5 N–H and O–H groups in total. The molecule has 0 aliphatic carbocycles. The van der Waals surface area contributed by atoms with Crippen LogP contribution in [0.25, 0.3) is 0 Å². The van der Waals surface area contributed by atoms with E-state index in [-0.39, 0.29) is 17.3 Å². The van der Waals surface area contributed by atoms with Gasteiger partial charge in [-0.1, -0.05) is 13.0 Å². The molecule has 1 aromatic rings. The summed E-state index contributed by atoms with van der Waals surface area (Å²) >= 11 is 0. The molecule has 0 aromatic heterocycles. The Bertz CT molecular complexity index is 350. The Morgan fingerprint density at radius 1 is 1.57 bits per heavy atom. The van der Waals surface area contributed by atoms with E-state index < -0.39 is 5.97 Å². The second-order valence-electron chi connectivity index (χ2n) is 3.17. The molecule has 0 spiro atoms. The number of carboxylic acids is 1. The molecule has 0 saturated heterocycles. The van der Waals surface area contributed by atoms with Crippen molar-refractivity contribution in [3.8, 4) is 0 Å². The molecule has 0 saturated carbocycles. The van der Waals surface area contributed by atoms with E-state index in [1.807, 2.05) is 6.92 Å². The van der Waals surface area contributed by atoms with Crippen LogP contribution < -0.4 is 11.5 Å². The van der Waals surface area contributed by atoms with Gasteiger partial charge in [0.05, 0.1) is 5.56 Å². The van der Waals surface area contributed by atoms with Crippen molar-refractivity contribution in [3.63, 3.8) is 0 Å². The van der Waals surface area contributed by atoms with E-state index >= 15 is 0 Å². The monoisotopic (exact) mass is 194 g/mol. The maximum absolute atomic E-state index is 10.7. The van der Waals surface area contributed by atoms with Crippen molar-refractivity contribution in [1.29, 1.82) is 0 Å². The van der Waals surface area contributed by atoms with Crippen molar-refractivity contribution < 1.29 is 9.90 Å². The standard InChI is InChI=1S/C10H14N2O2/c1-2-8(11)6-3-4-7(10(13)14)9(12)5-6/h3-5,8H,2,11-12H2,1H3,(H,13,14). The van der Waals surface area contributed by atoms with Crippen LogP contribution >= 0.6 is 0 Å². The highest BCUT2D eigenvalue weighted by Crippen LogP contribution is 2.19. The molecule has 0 aliphatic rings. The third-order valence-corrected chi connectivity index (χ3v) is 2.17. The zero-order chi connectivity index (χ0) is 10.7. The zero-order valence-corrected chi connectivity index (χ0v) is 8.03. The quantitative estimate of drug-likeness (QED) is 0.634. The molecule has 0 radical (unpaired) electrons. The second-order valence-corrected chi connectivity index (χ2v) is 3.17. The fraction of sp³-hybridized carbons (Fsp3) is 0.300. The molecule has 1 unspecified atom stereocenters. The summed E-state index contributed by atoms with van der Waals surface area (Å²) < 4.78 is 0. The second kappa shape index (κ2) is 4.11. The van der Waals surface area contributed by atoms with Crippen LogP contribution in [0.4, 0.5) is 5.69 Å². The molecule has 4 heteroatoms. The number of benzene rings is 1. The maximum Gasteiger partial charge on any atom is 0.337 e. The van der Waals surface area contributed by atoms with Crippen LogP contribution in [0.1, 0.15) is 35.3 Å². The average molecular weight is 194 g/mol. The lowest BCUT2D eigenvalue weighted by Gasteiger charge is -2.10. The molecule has 0 bridgehead atoms. The van der Waals surface area contributed by atoms with Crippen molar-refractivity contribution in [2.45, 2.75) is 19.4 Å². The Morgan fingerprint density at radius 2 is 2.21 bits per heavy atom. The van der Waals surface area contributed by atoms with Crippen LogP contribution in [0.5, 0.6) is 0 Å². The van der Waals surface area contributed by atoms with Gasteiger partial charge in [-0.25, -0.2) is 4.79 Å². The van der Waals surface area contributed by atoms with E-state index in [0.29, 0.717) is 0 Å². The van der Waals surface area contributed by atoms with Gasteiger partial charge < -0.3 is 16.6 Å². The Labute approximate surface area is 82.5 Å². The van der Waals surface area contributed by atoms with E-state index in [1.54, 1.807) is 12.1 Å². The summed E-state index contributed by atoms with van der Waals surface area (Å²) in [7, 11) is 0. The number of nitrogens with two attached hydrogens (primary N) is 2. The number of carbonyl (C=O) groups is 1. The average Bonchev–Trinajstić information content (AvgIpc) is 2.15. The van der Waals surface area contributed by atoms with Crippen molar-refractivity contribution in [2.24, 2.45) is 5.73 Å². The lowest BCUT2D eigenvalue weighted by Crippen LogP contribution is -2.10. The molecule has 14 heavy (non-hydrogen) atoms. The van der Waals surface area contributed by atoms with Crippen molar-refractivity contribution >= 4 is 11.7 Å². The number of anilines is 1. The zero-order valence-electron chi connectivity index (χ0n) is 8.03. The predicted octanol–water partition coefficient (Wildman–Crippen LogP) is 1.38. The van der Waals surface area contributed by atoms with Gasteiger partial charge in [0.2, 0.25) is 0 Å². The third-order valence-electron chi connectivity index (χ3n) is 2.17. The first-order chi connectivity index (χ1) is 6.56. The van der Waals surface area contributed by atoms with Gasteiger partial charge >= 0.3 is 5.97 Å². The van der Waals surface area contributed by atoms with E-state index in [9.17, 15) is 4.79 Å². The molecular weight excluding hydrogens is 180 g/mol. The molecule has 4 nitrogen and oxygen atoms in total. The Balaban J connectivity index is 3.06. The number of aromatic carboxylic acids is 1. The van der Waals surface area contributed by atoms with E-state index in [0.717, 1.165) is 12.0 Å². The van der Waals surface area contributed by atoms with Gasteiger partial charge in [-0.05, 0) is 24.1 Å². The SMILES string of the molecule is CCC(N)c1ccc(C(=O)O)c(N)c1. The summed E-state index contributed by atoms with van der Waals surface area (Å²) in [4.78, 5) is 10.7. The van der Waals surface area contributed by atoms with Crippen molar-refractivity contribution in [3.05, 3.63) is 29.3 Å². The molecule has 1 aromatic carbocycles. The fourth-order valence-corrected chi connectivity index (χ4v) is 1.24. The molecular formula is C10H14N2O2. The highest BCUT2D eigenvalue weighted by molar-refractivity contribution is 5.93. The van der Waals surface area contributed by atoms with E-state index in [4.69, 9.17) is 16.6 Å². The molecule has 76 valence electrons. The first-order valence-electron chi connectivity index (χ1n) is 4.44. The summed E-state index contributed by atoms with van der Waals surface area (Å²) in [6, 6.07) is 4.73. The molecule has 0 amide bonds. The summed E-state index contributed by atoms with van der Waals surface area (Å²) in [6.07, 6.45) is 0.797. The lowest BCUT2D eigenvalue weighted by atomic mass is 10.0. The van der Waals surface area contributed by atoms with Crippen LogP contribution in [0.2, 0.25) is 0 Å². The van der Waals surface area contributed by atoms with E-state index in [1.165, 1.54) is 6.07 Å². The van der Waals surface area contributed by atoms with Crippen LogP contribution in [-0.2, 0) is 0 Å².